The summed E-state index contributed by atoms with van der Waals surface area (Å²) in [5.41, 5.74) is 2.08. The van der Waals surface area contributed by atoms with E-state index in [-0.39, 0.29) is 0 Å². The molecular formula is C14H13BrO. The number of aliphatic hydroxyl groups is 1. The Morgan fingerprint density at radius 1 is 0.938 bits per heavy atom. The topological polar surface area (TPSA) is 20.2 Å². The fourth-order valence-electron chi connectivity index (χ4n) is 1.69. The van der Waals surface area contributed by atoms with Crippen LogP contribution in [0.1, 0.15) is 17.2 Å². The molecule has 0 aliphatic heterocycles. The van der Waals surface area contributed by atoms with Crippen molar-refractivity contribution in [2.24, 2.45) is 0 Å². The zero-order valence-corrected chi connectivity index (χ0v) is 10.4. The van der Waals surface area contributed by atoms with Crippen molar-refractivity contribution in [3.63, 3.8) is 0 Å². The Labute approximate surface area is 104 Å². The molecule has 2 aromatic rings. The van der Waals surface area contributed by atoms with Gasteiger partial charge in [0.05, 0.1) is 6.10 Å². The molecule has 0 aliphatic carbocycles. The summed E-state index contributed by atoms with van der Waals surface area (Å²) in [6, 6.07) is 17.8. The molecule has 16 heavy (non-hydrogen) atoms. The van der Waals surface area contributed by atoms with Crippen molar-refractivity contribution in [3.05, 3.63) is 70.2 Å². The summed E-state index contributed by atoms with van der Waals surface area (Å²) >= 11 is 3.45. The predicted molar refractivity (Wildman–Crippen MR) is 69.2 cm³/mol. The summed E-state index contributed by atoms with van der Waals surface area (Å²) < 4.78 is 0.957. The average molecular weight is 277 g/mol. The van der Waals surface area contributed by atoms with E-state index < -0.39 is 6.10 Å². The molecule has 2 aromatic carbocycles. The van der Waals surface area contributed by atoms with E-state index in [1.165, 1.54) is 0 Å². The largest absolute Gasteiger partial charge is 0.388 e. The highest BCUT2D eigenvalue weighted by Crippen LogP contribution is 2.25. The van der Waals surface area contributed by atoms with E-state index in [1.807, 2.05) is 54.6 Å². The average Bonchev–Trinajstić information content (AvgIpc) is 2.31. The van der Waals surface area contributed by atoms with Crippen LogP contribution in [0.25, 0.3) is 0 Å². The first kappa shape index (κ1) is 11.4. The molecule has 0 aromatic heterocycles. The van der Waals surface area contributed by atoms with Crippen LogP contribution in [0.5, 0.6) is 0 Å². The first-order valence-electron chi connectivity index (χ1n) is 5.24. The van der Waals surface area contributed by atoms with Gasteiger partial charge in [0.1, 0.15) is 0 Å². The van der Waals surface area contributed by atoms with Crippen molar-refractivity contribution in [2.75, 3.05) is 0 Å². The van der Waals surface area contributed by atoms with E-state index in [2.05, 4.69) is 15.9 Å². The number of hydrogen-bond acceptors (Lipinski definition) is 1. The lowest BCUT2D eigenvalue weighted by molar-refractivity contribution is 0.177. The van der Waals surface area contributed by atoms with E-state index in [4.69, 9.17) is 0 Å². The van der Waals surface area contributed by atoms with E-state index in [1.54, 1.807) is 0 Å². The number of rotatable bonds is 3. The minimum Gasteiger partial charge on any atom is -0.388 e. The van der Waals surface area contributed by atoms with Gasteiger partial charge in [-0.3, -0.25) is 0 Å². The van der Waals surface area contributed by atoms with E-state index in [9.17, 15) is 5.11 Å². The van der Waals surface area contributed by atoms with Crippen molar-refractivity contribution in [1.82, 2.24) is 0 Å². The van der Waals surface area contributed by atoms with Gasteiger partial charge in [-0.25, -0.2) is 0 Å². The standard InChI is InChI=1S/C14H13BrO/c15-13-9-5-4-8-12(13)14(16)10-11-6-2-1-3-7-11/h1-9,14,16H,10H2. The summed E-state index contributed by atoms with van der Waals surface area (Å²) in [6.07, 6.45) is 0.182. The maximum atomic E-state index is 10.1. The predicted octanol–water partition coefficient (Wildman–Crippen LogP) is 3.73. The molecule has 0 amide bonds. The quantitative estimate of drug-likeness (QED) is 0.906. The van der Waals surface area contributed by atoms with Crippen LogP contribution in [-0.4, -0.2) is 5.11 Å². The third-order valence-corrected chi connectivity index (χ3v) is 3.26. The molecule has 1 N–H and O–H groups in total. The second kappa shape index (κ2) is 5.28. The van der Waals surface area contributed by atoms with E-state index in [0.717, 1.165) is 15.6 Å². The van der Waals surface area contributed by atoms with Crippen molar-refractivity contribution in [1.29, 1.82) is 0 Å². The minimum absolute atomic E-state index is 0.460. The third-order valence-electron chi connectivity index (χ3n) is 2.54. The summed E-state index contributed by atoms with van der Waals surface area (Å²) in [5.74, 6) is 0. The number of hydrogen-bond donors (Lipinski definition) is 1. The van der Waals surface area contributed by atoms with Crippen molar-refractivity contribution in [3.8, 4) is 0 Å². The van der Waals surface area contributed by atoms with Crippen LogP contribution >= 0.6 is 15.9 Å². The van der Waals surface area contributed by atoms with Gasteiger partial charge in [-0.15, -0.1) is 0 Å². The van der Waals surface area contributed by atoms with E-state index >= 15 is 0 Å². The molecule has 1 nitrogen and oxygen atoms in total. The molecule has 0 aliphatic rings. The fraction of sp³-hybridized carbons (Fsp3) is 0.143. The van der Waals surface area contributed by atoms with Gasteiger partial charge in [0.15, 0.2) is 0 Å². The Bertz CT molecular complexity index is 453. The van der Waals surface area contributed by atoms with Gasteiger partial charge in [0.25, 0.3) is 0 Å². The molecule has 2 rings (SSSR count). The number of benzene rings is 2. The molecule has 2 heteroatoms. The molecular weight excluding hydrogens is 264 g/mol. The van der Waals surface area contributed by atoms with Gasteiger partial charge in [-0.05, 0) is 17.2 Å². The fourth-order valence-corrected chi connectivity index (χ4v) is 2.24. The summed E-state index contributed by atoms with van der Waals surface area (Å²) in [7, 11) is 0. The van der Waals surface area contributed by atoms with E-state index in [0.29, 0.717) is 6.42 Å². The van der Waals surface area contributed by atoms with Gasteiger partial charge < -0.3 is 5.11 Å². The number of aliphatic hydroxyl groups excluding tert-OH is 1. The summed E-state index contributed by atoms with van der Waals surface area (Å²) in [4.78, 5) is 0. The molecule has 0 saturated carbocycles. The van der Waals surface area contributed by atoms with Crippen LogP contribution in [0.2, 0.25) is 0 Å². The lowest BCUT2D eigenvalue weighted by Crippen LogP contribution is -2.02. The highest BCUT2D eigenvalue weighted by Gasteiger charge is 2.10. The zero-order chi connectivity index (χ0) is 11.4. The zero-order valence-electron chi connectivity index (χ0n) is 8.81. The van der Waals surface area contributed by atoms with Gasteiger partial charge in [0, 0.05) is 10.9 Å². The first-order valence-corrected chi connectivity index (χ1v) is 6.03. The SMILES string of the molecule is OC(Cc1ccccc1)c1ccccc1Br. The Balaban J connectivity index is 2.15. The molecule has 1 atom stereocenters. The lowest BCUT2D eigenvalue weighted by atomic mass is 10.0. The molecule has 1 unspecified atom stereocenters. The Morgan fingerprint density at radius 3 is 2.25 bits per heavy atom. The smallest absolute Gasteiger partial charge is 0.0841 e. The second-order valence-electron chi connectivity index (χ2n) is 3.73. The lowest BCUT2D eigenvalue weighted by Gasteiger charge is -2.12. The summed E-state index contributed by atoms with van der Waals surface area (Å²) in [6.45, 7) is 0. The van der Waals surface area contributed by atoms with Crippen molar-refractivity contribution in [2.45, 2.75) is 12.5 Å². The first-order chi connectivity index (χ1) is 7.77. The van der Waals surface area contributed by atoms with Gasteiger partial charge >= 0.3 is 0 Å². The highest BCUT2D eigenvalue weighted by molar-refractivity contribution is 9.10. The van der Waals surface area contributed by atoms with Crippen LogP contribution in [0.4, 0.5) is 0 Å². The minimum atomic E-state index is -0.460. The summed E-state index contributed by atoms with van der Waals surface area (Å²) in [5, 5.41) is 10.1. The maximum Gasteiger partial charge on any atom is 0.0841 e. The Kier molecular flexibility index (Phi) is 3.75. The Hall–Kier alpha value is -1.12. The van der Waals surface area contributed by atoms with Gasteiger partial charge in [0.2, 0.25) is 0 Å². The van der Waals surface area contributed by atoms with Gasteiger partial charge in [-0.2, -0.15) is 0 Å². The maximum absolute atomic E-state index is 10.1. The third kappa shape index (κ3) is 2.71. The monoisotopic (exact) mass is 276 g/mol. The van der Waals surface area contributed by atoms with Crippen LogP contribution in [0.15, 0.2) is 59.1 Å². The highest BCUT2D eigenvalue weighted by atomic mass is 79.9. The van der Waals surface area contributed by atoms with Crippen LogP contribution in [0.3, 0.4) is 0 Å². The molecule has 0 spiro atoms. The molecule has 0 fully saturated rings. The molecule has 0 heterocycles. The second-order valence-corrected chi connectivity index (χ2v) is 4.58. The van der Waals surface area contributed by atoms with Crippen LogP contribution in [0, 0.1) is 0 Å². The van der Waals surface area contributed by atoms with Crippen molar-refractivity contribution >= 4 is 15.9 Å². The van der Waals surface area contributed by atoms with Crippen LogP contribution < -0.4 is 0 Å². The van der Waals surface area contributed by atoms with Crippen molar-refractivity contribution < 1.29 is 5.11 Å². The molecule has 82 valence electrons. The molecule has 0 bridgehead atoms. The number of halogens is 1. The molecule has 0 saturated heterocycles. The normalized spacial score (nSPS) is 12.4. The van der Waals surface area contributed by atoms with Gasteiger partial charge in [-0.1, -0.05) is 64.5 Å². The molecule has 0 radical (unpaired) electrons. The van der Waals surface area contributed by atoms with Crippen LogP contribution in [-0.2, 0) is 6.42 Å². The Morgan fingerprint density at radius 2 is 1.56 bits per heavy atom.